The summed E-state index contributed by atoms with van der Waals surface area (Å²) in [7, 11) is 0. The van der Waals surface area contributed by atoms with Gasteiger partial charge in [0.1, 0.15) is 52.9 Å². The fourth-order valence-electron chi connectivity index (χ4n) is 6.15. The Morgan fingerprint density at radius 2 is 0.765 bits per heavy atom. The summed E-state index contributed by atoms with van der Waals surface area (Å²) in [6.45, 7) is 28.2. The molecule has 0 atom stereocenters. The van der Waals surface area contributed by atoms with Crippen molar-refractivity contribution in [2.45, 2.75) is 168 Å². The minimum absolute atomic E-state index is 0.00388. The summed E-state index contributed by atoms with van der Waals surface area (Å²) in [6.07, 6.45) is 10.3. The van der Waals surface area contributed by atoms with Crippen LogP contribution in [0.5, 0.6) is 0 Å². The monoisotopic (exact) mass is 1200 g/mol. The number of carbonyl (C=O) groups is 17. The number of nitrogens with zero attached hydrogens (tertiary/aromatic N) is 3. The summed E-state index contributed by atoms with van der Waals surface area (Å²) in [6, 6.07) is 0. The molecule has 0 aromatic heterocycles. The molecule has 23 nitrogen and oxygen atoms in total. The van der Waals surface area contributed by atoms with E-state index in [1.54, 1.807) is 41.5 Å². The van der Waals surface area contributed by atoms with Crippen LogP contribution in [0.2, 0.25) is 0 Å². The second-order valence-corrected chi connectivity index (χ2v) is 21.8. The maximum absolute atomic E-state index is 11.6. The molecule has 23 heteroatoms. The molecule has 3 aliphatic rings. The highest BCUT2D eigenvalue weighted by Crippen LogP contribution is 2.10. The molecule has 0 fully saturated rings. The number of Topliss-reactive ketones (excluding diaryl/α,β-unsaturated/α-hetero) is 10. The van der Waals surface area contributed by atoms with E-state index in [0.29, 0.717) is 52.0 Å². The van der Waals surface area contributed by atoms with Crippen LogP contribution < -0.4 is 5.32 Å². The van der Waals surface area contributed by atoms with Gasteiger partial charge >= 0.3 is 0 Å². The van der Waals surface area contributed by atoms with Crippen LogP contribution in [0.4, 0.5) is 0 Å². The molecule has 0 spiro atoms. The number of nitrogens with one attached hydrogen (secondary N) is 1. The second kappa shape index (κ2) is 46.1. The Labute approximate surface area is 501 Å². The Kier molecular flexibility index (Phi) is 44.4. The lowest BCUT2D eigenvalue weighted by Gasteiger charge is -2.13. The van der Waals surface area contributed by atoms with Crippen LogP contribution in [0.3, 0.4) is 0 Å². The molecule has 0 saturated carbocycles. The van der Waals surface area contributed by atoms with E-state index in [-0.39, 0.29) is 169 Å². The molecule has 0 aromatic rings. The van der Waals surface area contributed by atoms with E-state index < -0.39 is 23.6 Å². The zero-order chi connectivity index (χ0) is 66.1. The van der Waals surface area contributed by atoms with Gasteiger partial charge in [0.25, 0.3) is 35.4 Å². The standard InChI is InChI=1S/C16H24N2O5.C12H15NO4.C9H11NO3.C9H16O3.C9H16O2.C7H12O2/c1-12(2)13(19)4-3-10-23-11-8-17-14(20)7-9-18-15(21)5-6-16(18)22;1-8(2)10(15)7-9(14)5-6-13-11(16)3-4-12(13)17;1-6(2)7(11)5-10-8(12)3-4-9(10)13;1-7(2)9(11)4-5-12-6-8(3)10;1-4-5-8(10)6-9(11)7(2)3;1-5(2)7(9)4-6(3)8/h5-6,12H,3-4,7-11H2,1-2H3,(H,17,20);3-4,8H,5-7H2,1-2H3;3-4,6H,5H2,1-2H3;7H,4-6H2,1-3H3;7H,4-6H2,1-3H3;5H,4H2,1-3H3. The van der Waals surface area contributed by atoms with Crippen molar-refractivity contribution in [1.29, 1.82) is 0 Å². The van der Waals surface area contributed by atoms with Crippen molar-refractivity contribution in [2.75, 3.05) is 52.6 Å². The van der Waals surface area contributed by atoms with Gasteiger partial charge in [0.15, 0.2) is 11.6 Å². The maximum Gasteiger partial charge on any atom is 0.254 e. The molecule has 3 heterocycles. The molecule has 0 aromatic carbocycles. The minimum atomic E-state index is -0.405. The van der Waals surface area contributed by atoms with Crippen LogP contribution >= 0.6 is 0 Å². The molecule has 7 amide bonds. The Bertz CT molecular complexity index is 2370. The molecular formula is C62H94N4O19. The summed E-state index contributed by atoms with van der Waals surface area (Å²) >= 11 is 0. The summed E-state index contributed by atoms with van der Waals surface area (Å²) in [5.41, 5.74) is 0. The van der Waals surface area contributed by atoms with E-state index in [0.717, 1.165) is 21.1 Å². The number of hydrogen-bond acceptors (Lipinski definition) is 19. The van der Waals surface area contributed by atoms with Crippen molar-refractivity contribution in [2.24, 2.45) is 35.5 Å². The third kappa shape index (κ3) is 41.4. The maximum atomic E-state index is 11.6. The molecule has 0 radical (unpaired) electrons. The van der Waals surface area contributed by atoms with Gasteiger partial charge in [0, 0.05) is 130 Å². The van der Waals surface area contributed by atoms with Crippen molar-refractivity contribution >= 4 is 99.2 Å². The van der Waals surface area contributed by atoms with Crippen LogP contribution in [-0.4, -0.2) is 166 Å². The molecule has 85 heavy (non-hydrogen) atoms. The lowest BCUT2D eigenvalue weighted by molar-refractivity contribution is -0.141. The first-order valence-electron chi connectivity index (χ1n) is 28.7. The molecular weight excluding hydrogens is 1100 g/mol. The van der Waals surface area contributed by atoms with E-state index in [2.05, 4.69) is 5.32 Å². The largest absolute Gasteiger partial charge is 0.380 e. The van der Waals surface area contributed by atoms with E-state index in [9.17, 15) is 81.5 Å². The fourth-order valence-corrected chi connectivity index (χ4v) is 6.15. The first kappa shape index (κ1) is 81.9. The number of ketones is 10. The predicted molar refractivity (Wildman–Crippen MR) is 315 cm³/mol. The molecule has 476 valence electrons. The van der Waals surface area contributed by atoms with Crippen molar-refractivity contribution < 1.29 is 91.0 Å². The molecule has 0 aliphatic carbocycles. The summed E-state index contributed by atoms with van der Waals surface area (Å²) in [5, 5.41) is 2.65. The van der Waals surface area contributed by atoms with Gasteiger partial charge in [-0.15, -0.1) is 0 Å². The number of amides is 7. The summed E-state index contributed by atoms with van der Waals surface area (Å²) in [5.74, 6) is -2.80. The number of carbonyl (C=O) groups excluding carboxylic acids is 17. The minimum Gasteiger partial charge on any atom is -0.380 e. The number of rotatable bonds is 34. The summed E-state index contributed by atoms with van der Waals surface area (Å²) < 4.78 is 10.3. The first-order valence-corrected chi connectivity index (χ1v) is 28.7. The van der Waals surface area contributed by atoms with Crippen molar-refractivity contribution in [3.05, 3.63) is 36.5 Å². The lowest BCUT2D eigenvalue weighted by Crippen LogP contribution is -2.36. The predicted octanol–water partition coefficient (Wildman–Crippen LogP) is 5.43. The van der Waals surface area contributed by atoms with Gasteiger partial charge in [-0.25, -0.2) is 0 Å². The van der Waals surface area contributed by atoms with Crippen LogP contribution in [0.1, 0.15) is 168 Å². The number of ether oxygens (including phenoxy) is 2. The normalized spacial score (nSPS) is 13.0. The van der Waals surface area contributed by atoms with E-state index in [1.807, 2.05) is 48.5 Å². The van der Waals surface area contributed by atoms with Crippen LogP contribution in [0.15, 0.2) is 36.5 Å². The highest BCUT2D eigenvalue weighted by molar-refractivity contribution is 6.15. The third-order valence-electron chi connectivity index (χ3n) is 11.8. The second-order valence-electron chi connectivity index (χ2n) is 21.8. The highest BCUT2D eigenvalue weighted by atomic mass is 16.5. The number of hydrogen-bond donors (Lipinski definition) is 1. The molecule has 0 bridgehead atoms. The number of imide groups is 3. The van der Waals surface area contributed by atoms with Gasteiger partial charge in [-0.2, -0.15) is 0 Å². The fraction of sp³-hybridized carbons (Fsp3) is 0.629. The van der Waals surface area contributed by atoms with Gasteiger partial charge < -0.3 is 14.8 Å². The highest BCUT2D eigenvalue weighted by Gasteiger charge is 2.27. The Balaban J connectivity index is -0.000000978. The van der Waals surface area contributed by atoms with Gasteiger partial charge in [-0.05, 0) is 26.7 Å². The van der Waals surface area contributed by atoms with Crippen molar-refractivity contribution in [3.8, 4) is 0 Å². The van der Waals surface area contributed by atoms with E-state index in [4.69, 9.17) is 9.47 Å². The topological polar surface area (TPSA) is 330 Å². The molecule has 0 unspecified atom stereocenters. The van der Waals surface area contributed by atoms with Crippen molar-refractivity contribution in [1.82, 2.24) is 20.0 Å². The average Bonchev–Trinajstić information content (AvgIpc) is 4.31. The molecule has 1 N–H and O–H groups in total. The van der Waals surface area contributed by atoms with Gasteiger partial charge in [-0.3, -0.25) is 96.2 Å². The molecule has 3 aliphatic heterocycles. The van der Waals surface area contributed by atoms with E-state index in [1.165, 1.54) is 50.3 Å². The molecule has 0 saturated heterocycles. The Hall–Kier alpha value is -7.27. The van der Waals surface area contributed by atoms with Gasteiger partial charge in [0.05, 0.1) is 39.0 Å². The van der Waals surface area contributed by atoms with Crippen LogP contribution in [-0.2, 0) is 91.0 Å². The zero-order valence-corrected chi connectivity index (χ0v) is 52.8. The van der Waals surface area contributed by atoms with Crippen molar-refractivity contribution in [3.63, 3.8) is 0 Å². The van der Waals surface area contributed by atoms with Crippen LogP contribution in [0.25, 0.3) is 0 Å². The SMILES string of the molecule is CC(=O)CC(=O)C(C)C.CC(=O)COCCC(=O)C(C)C.CC(C)C(=O)CC(=O)CCN1C(=O)C=CC1=O.CC(C)C(=O)CCCOCCNC(=O)CCN1C(=O)C=CC1=O.CC(C)C(=O)CN1C(=O)C=CC1=O.CCCC(=O)CC(=O)C(C)C. The van der Waals surface area contributed by atoms with Crippen LogP contribution in [0, 0.1) is 35.5 Å². The lowest BCUT2D eigenvalue weighted by atomic mass is 10.0. The Morgan fingerprint density at radius 3 is 1.13 bits per heavy atom. The zero-order valence-electron chi connectivity index (χ0n) is 52.8. The third-order valence-corrected chi connectivity index (χ3v) is 11.8. The van der Waals surface area contributed by atoms with Gasteiger partial charge in [0.2, 0.25) is 5.91 Å². The molecule has 3 rings (SSSR count). The first-order chi connectivity index (χ1) is 39.5. The average molecular weight is 1200 g/mol. The van der Waals surface area contributed by atoms with Gasteiger partial charge in [-0.1, -0.05) is 90.0 Å². The quantitative estimate of drug-likeness (QED) is 0.0477. The summed E-state index contributed by atoms with van der Waals surface area (Å²) in [4.78, 5) is 191. The Morgan fingerprint density at radius 1 is 0.400 bits per heavy atom. The smallest absolute Gasteiger partial charge is 0.254 e. The van der Waals surface area contributed by atoms with E-state index >= 15 is 0 Å².